The van der Waals surface area contributed by atoms with Crippen molar-refractivity contribution in [1.82, 2.24) is 10.3 Å². The summed E-state index contributed by atoms with van der Waals surface area (Å²) in [5.41, 5.74) is 6.19. The van der Waals surface area contributed by atoms with E-state index in [4.69, 9.17) is 10.9 Å². The average Bonchev–Trinajstić information content (AvgIpc) is 2.45. The van der Waals surface area contributed by atoms with Crippen molar-refractivity contribution in [2.24, 2.45) is 16.8 Å². The van der Waals surface area contributed by atoms with Gasteiger partial charge in [0, 0.05) is 17.8 Å². The molecule has 0 bridgehead atoms. The number of hydrogen-bond acceptors (Lipinski definition) is 4. The highest BCUT2D eigenvalue weighted by Crippen LogP contribution is 2.08. The number of carbonyl (C=O) groups excluding carboxylic acids is 1. The molecule has 0 aliphatic rings. The van der Waals surface area contributed by atoms with Crippen LogP contribution >= 0.6 is 0 Å². The number of nitrogens with zero attached hydrogens (tertiary/aromatic N) is 2. The SMILES string of the molecule is CCC(C)C(C)NC(=O)c1ccc(C(N)=NO)cn1. The molecule has 104 valence electrons. The number of hydrogen-bond donors (Lipinski definition) is 3. The molecule has 2 unspecified atom stereocenters. The summed E-state index contributed by atoms with van der Waals surface area (Å²) in [5.74, 6) is 0.145. The predicted octanol–water partition coefficient (Wildman–Crippen LogP) is 1.34. The number of aromatic nitrogens is 1. The Morgan fingerprint density at radius 1 is 1.53 bits per heavy atom. The van der Waals surface area contributed by atoms with Gasteiger partial charge in [-0.05, 0) is 25.0 Å². The molecule has 1 rings (SSSR count). The van der Waals surface area contributed by atoms with Gasteiger partial charge in [-0.25, -0.2) is 0 Å². The second-order valence-electron chi connectivity index (χ2n) is 4.57. The molecule has 0 radical (unpaired) electrons. The van der Waals surface area contributed by atoms with E-state index in [1.807, 2.05) is 6.92 Å². The zero-order chi connectivity index (χ0) is 14.4. The van der Waals surface area contributed by atoms with E-state index in [9.17, 15) is 4.79 Å². The highest BCUT2D eigenvalue weighted by atomic mass is 16.4. The van der Waals surface area contributed by atoms with Crippen molar-refractivity contribution in [3.63, 3.8) is 0 Å². The van der Waals surface area contributed by atoms with Gasteiger partial charge in [-0.2, -0.15) is 0 Å². The monoisotopic (exact) mass is 264 g/mol. The van der Waals surface area contributed by atoms with E-state index in [2.05, 4.69) is 29.3 Å². The molecule has 0 aromatic carbocycles. The van der Waals surface area contributed by atoms with Crippen molar-refractivity contribution in [3.8, 4) is 0 Å². The van der Waals surface area contributed by atoms with E-state index >= 15 is 0 Å². The first kappa shape index (κ1) is 14.9. The number of amidine groups is 1. The summed E-state index contributed by atoms with van der Waals surface area (Å²) in [7, 11) is 0. The van der Waals surface area contributed by atoms with Gasteiger partial charge in [-0.15, -0.1) is 0 Å². The van der Waals surface area contributed by atoms with Crippen LogP contribution in [0.5, 0.6) is 0 Å². The van der Waals surface area contributed by atoms with Crippen LogP contribution in [0.4, 0.5) is 0 Å². The van der Waals surface area contributed by atoms with Crippen molar-refractivity contribution in [2.75, 3.05) is 0 Å². The van der Waals surface area contributed by atoms with Crippen LogP contribution in [0.1, 0.15) is 43.2 Å². The fraction of sp³-hybridized carbons (Fsp3) is 0.462. The summed E-state index contributed by atoms with van der Waals surface area (Å²) in [6.45, 7) is 6.13. The quantitative estimate of drug-likeness (QED) is 0.323. The van der Waals surface area contributed by atoms with Crippen molar-refractivity contribution >= 4 is 11.7 Å². The summed E-state index contributed by atoms with van der Waals surface area (Å²) in [6.07, 6.45) is 2.40. The molecule has 0 aliphatic carbocycles. The summed E-state index contributed by atoms with van der Waals surface area (Å²) >= 11 is 0. The molecule has 0 saturated carbocycles. The third-order valence-corrected chi connectivity index (χ3v) is 3.26. The van der Waals surface area contributed by atoms with E-state index in [0.29, 0.717) is 17.2 Å². The van der Waals surface area contributed by atoms with Crippen LogP contribution in [0.25, 0.3) is 0 Å². The lowest BCUT2D eigenvalue weighted by molar-refractivity contribution is 0.0923. The lowest BCUT2D eigenvalue weighted by atomic mass is 10.0. The molecular formula is C13H20N4O2. The van der Waals surface area contributed by atoms with Gasteiger partial charge in [-0.1, -0.05) is 25.4 Å². The minimum absolute atomic E-state index is 0.0348. The van der Waals surface area contributed by atoms with Gasteiger partial charge in [0.2, 0.25) is 0 Å². The average molecular weight is 264 g/mol. The van der Waals surface area contributed by atoms with Crippen LogP contribution in [0.15, 0.2) is 23.5 Å². The first-order chi connectivity index (χ1) is 8.99. The van der Waals surface area contributed by atoms with Crippen LogP contribution in [0, 0.1) is 5.92 Å². The highest BCUT2D eigenvalue weighted by molar-refractivity contribution is 5.98. The molecule has 0 aliphatic heterocycles. The summed E-state index contributed by atoms with van der Waals surface area (Å²) in [6, 6.07) is 3.22. The Morgan fingerprint density at radius 2 is 2.21 bits per heavy atom. The maximum Gasteiger partial charge on any atom is 0.270 e. The van der Waals surface area contributed by atoms with Gasteiger partial charge in [0.25, 0.3) is 5.91 Å². The molecule has 6 heteroatoms. The third kappa shape index (κ3) is 3.94. The third-order valence-electron chi connectivity index (χ3n) is 3.26. The maximum atomic E-state index is 11.9. The smallest absolute Gasteiger partial charge is 0.270 e. The largest absolute Gasteiger partial charge is 0.409 e. The Morgan fingerprint density at radius 3 is 2.68 bits per heavy atom. The molecule has 4 N–H and O–H groups in total. The van der Waals surface area contributed by atoms with Crippen LogP contribution in [-0.2, 0) is 0 Å². The molecule has 0 saturated heterocycles. The van der Waals surface area contributed by atoms with Gasteiger partial charge in [-0.3, -0.25) is 9.78 Å². The van der Waals surface area contributed by atoms with Gasteiger partial charge in [0.1, 0.15) is 5.69 Å². The zero-order valence-corrected chi connectivity index (χ0v) is 11.4. The molecule has 1 aromatic rings. The fourth-order valence-corrected chi connectivity index (χ4v) is 1.51. The van der Waals surface area contributed by atoms with Gasteiger partial charge in [0.05, 0.1) is 0 Å². The van der Waals surface area contributed by atoms with E-state index < -0.39 is 0 Å². The van der Waals surface area contributed by atoms with Crippen LogP contribution < -0.4 is 11.1 Å². The van der Waals surface area contributed by atoms with Crippen molar-refractivity contribution < 1.29 is 10.0 Å². The topological polar surface area (TPSA) is 101 Å². The summed E-state index contributed by atoms with van der Waals surface area (Å²) < 4.78 is 0. The lowest BCUT2D eigenvalue weighted by Crippen LogP contribution is -2.37. The second-order valence-corrected chi connectivity index (χ2v) is 4.57. The minimum atomic E-state index is -0.223. The molecular weight excluding hydrogens is 244 g/mol. The summed E-state index contributed by atoms with van der Waals surface area (Å²) in [4.78, 5) is 15.9. The number of pyridine rings is 1. The number of nitrogens with two attached hydrogens (primary N) is 1. The lowest BCUT2D eigenvalue weighted by Gasteiger charge is -2.19. The van der Waals surface area contributed by atoms with E-state index in [1.54, 1.807) is 12.1 Å². The highest BCUT2D eigenvalue weighted by Gasteiger charge is 2.15. The van der Waals surface area contributed by atoms with Crippen molar-refractivity contribution in [3.05, 3.63) is 29.6 Å². The molecule has 1 aromatic heterocycles. The molecule has 19 heavy (non-hydrogen) atoms. The molecule has 6 nitrogen and oxygen atoms in total. The van der Waals surface area contributed by atoms with Crippen molar-refractivity contribution in [1.29, 1.82) is 0 Å². The molecule has 0 spiro atoms. The van der Waals surface area contributed by atoms with Crippen LogP contribution in [0.2, 0.25) is 0 Å². The normalized spacial score (nSPS) is 14.8. The van der Waals surface area contributed by atoms with Gasteiger partial charge in [0.15, 0.2) is 5.84 Å². The molecule has 0 fully saturated rings. The first-order valence-corrected chi connectivity index (χ1v) is 6.24. The summed E-state index contributed by atoms with van der Waals surface area (Å²) in [5, 5.41) is 14.3. The second kappa shape index (κ2) is 6.72. The van der Waals surface area contributed by atoms with E-state index in [-0.39, 0.29) is 17.8 Å². The Labute approximate surface area is 112 Å². The number of rotatable bonds is 5. The van der Waals surface area contributed by atoms with Gasteiger partial charge >= 0.3 is 0 Å². The van der Waals surface area contributed by atoms with Crippen molar-refractivity contribution in [2.45, 2.75) is 33.2 Å². The minimum Gasteiger partial charge on any atom is -0.409 e. The fourth-order valence-electron chi connectivity index (χ4n) is 1.51. The maximum absolute atomic E-state index is 11.9. The van der Waals surface area contributed by atoms with Crippen LogP contribution in [0.3, 0.4) is 0 Å². The predicted molar refractivity (Wildman–Crippen MR) is 73.1 cm³/mol. The zero-order valence-electron chi connectivity index (χ0n) is 11.4. The van der Waals surface area contributed by atoms with Gasteiger partial charge < -0.3 is 16.3 Å². The number of oxime groups is 1. The molecule has 1 heterocycles. The Bertz CT molecular complexity index is 456. The standard InChI is InChI=1S/C13H20N4O2/c1-4-8(2)9(3)16-13(18)11-6-5-10(7-15-11)12(14)17-19/h5-9,19H,4H2,1-3H3,(H2,14,17)(H,16,18). The van der Waals surface area contributed by atoms with E-state index in [1.165, 1.54) is 6.20 Å². The molecule has 1 amide bonds. The number of amides is 1. The Balaban J connectivity index is 2.73. The number of nitrogens with one attached hydrogen (secondary N) is 1. The van der Waals surface area contributed by atoms with E-state index in [0.717, 1.165) is 6.42 Å². The Hall–Kier alpha value is -2.11. The van der Waals surface area contributed by atoms with Crippen LogP contribution in [-0.4, -0.2) is 28.0 Å². The molecule has 2 atom stereocenters. The Kier molecular flexibility index (Phi) is 5.29. The first-order valence-electron chi connectivity index (χ1n) is 6.24. The number of carbonyl (C=O) groups is 1.